The van der Waals surface area contributed by atoms with Crippen LogP contribution in [0.3, 0.4) is 0 Å². The molecule has 0 aliphatic heterocycles. The summed E-state index contributed by atoms with van der Waals surface area (Å²) in [6.45, 7) is 0. The van der Waals surface area contributed by atoms with E-state index in [2.05, 4.69) is 5.32 Å². The average Bonchev–Trinajstić information content (AvgIpc) is 2.30. The number of amides is 1. The summed E-state index contributed by atoms with van der Waals surface area (Å²) in [4.78, 5) is 32.4. The van der Waals surface area contributed by atoms with Crippen LogP contribution in [0.4, 0.5) is 5.69 Å². The Labute approximate surface area is 164 Å². The molecule has 10 heteroatoms. The Hall–Kier alpha value is -0.610. The predicted molar refractivity (Wildman–Crippen MR) is 59.1 cm³/mol. The van der Waals surface area contributed by atoms with E-state index in [1.54, 1.807) is 0 Å². The number of carboxylic acids is 2. The van der Waals surface area contributed by atoms with Crippen molar-refractivity contribution in [1.82, 2.24) is 0 Å². The van der Waals surface area contributed by atoms with Crippen LogP contribution in [0.5, 0.6) is 5.75 Å². The van der Waals surface area contributed by atoms with E-state index in [0.717, 1.165) is 12.1 Å². The van der Waals surface area contributed by atoms with Crippen molar-refractivity contribution in [2.75, 3.05) is 5.32 Å². The number of benzene rings is 1. The van der Waals surface area contributed by atoms with Crippen LogP contribution in [0.1, 0.15) is 16.8 Å². The van der Waals surface area contributed by atoms with Crippen molar-refractivity contribution >= 4 is 23.5 Å². The number of hydrogen-bond donors (Lipinski definition) is 3. The van der Waals surface area contributed by atoms with Crippen LogP contribution in [-0.4, -0.2) is 29.0 Å². The molecular formula is C11H10N2Na2O6. The molecule has 0 spiro atoms. The van der Waals surface area contributed by atoms with Crippen LogP contribution < -0.4 is 80.4 Å². The van der Waals surface area contributed by atoms with Gasteiger partial charge in [-0.15, -0.1) is 0 Å². The van der Waals surface area contributed by atoms with Gasteiger partial charge in [-0.25, -0.2) is 4.79 Å². The van der Waals surface area contributed by atoms with Gasteiger partial charge >= 0.3 is 65.1 Å². The molecule has 0 aliphatic rings. The maximum Gasteiger partial charge on any atom is 1.00 e. The maximum atomic E-state index is 11.5. The van der Waals surface area contributed by atoms with E-state index in [9.17, 15) is 24.6 Å². The Bertz CT molecular complexity index is 537. The van der Waals surface area contributed by atoms with Crippen LogP contribution in [0.25, 0.3) is 0 Å². The van der Waals surface area contributed by atoms with E-state index in [-0.39, 0.29) is 64.8 Å². The summed E-state index contributed by atoms with van der Waals surface area (Å²) < 4.78 is 0. The number of rotatable bonds is 5. The van der Waals surface area contributed by atoms with Gasteiger partial charge in [-0.2, -0.15) is 0 Å². The number of nitrogens with two attached hydrogens (primary N) is 1. The van der Waals surface area contributed by atoms with E-state index in [0.29, 0.717) is 0 Å². The summed E-state index contributed by atoms with van der Waals surface area (Å²) >= 11 is 0. The first-order chi connectivity index (χ1) is 8.81. The Morgan fingerprint density at radius 2 is 1.86 bits per heavy atom. The van der Waals surface area contributed by atoms with E-state index in [4.69, 9.17) is 10.8 Å². The van der Waals surface area contributed by atoms with Crippen molar-refractivity contribution in [3.05, 3.63) is 23.8 Å². The van der Waals surface area contributed by atoms with Crippen LogP contribution >= 0.6 is 0 Å². The van der Waals surface area contributed by atoms with Crippen molar-refractivity contribution in [2.45, 2.75) is 12.5 Å². The van der Waals surface area contributed by atoms with Gasteiger partial charge in [0.15, 0.2) is 0 Å². The molecule has 1 unspecified atom stereocenters. The number of anilines is 1. The van der Waals surface area contributed by atoms with Crippen LogP contribution in [-0.2, 0) is 9.59 Å². The van der Waals surface area contributed by atoms with Gasteiger partial charge in [0.25, 0.3) is 0 Å². The van der Waals surface area contributed by atoms with Gasteiger partial charge in [-0.1, -0.05) is 11.8 Å². The molecule has 8 nitrogen and oxygen atoms in total. The molecule has 1 amide bonds. The van der Waals surface area contributed by atoms with Gasteiger partial charge in [0.05, 0.1) is 11.6 Å². The molecule has 4 N–H and O–H groups in total. The van der Waals surface area contributed by atoms with Gasteiger partial charge in [-0.3, -0.25) is 4.79 Å². The second-order valence-electron chi connectivity index (χ2n) is 3.69. The number of nitrogens with one attached hydrogen (secondary N) is 1. The molecule has 0 heterocycles. The fourth-order valence-electron chi connectivity index (χ4n) is 1.28. The third-order valence-electron chi connectivity index (χ3n) is 2.20. The molecule has 0 aliphatic carbocycles. The molecule has 21 heavy (non-hydrogen) atoms. The smallest absolute Gasteiger partial charge is 0.872 e. The predicted octanol–water partition coefficient (Wildman–Crippen LogP) is -8.13. The molecule has 0 bridgehead atoms. The number of aliphatic carboxylic acids is 1. The summed E-state index contributed by atoms with van der Waals surface area (Å²) in [5, 5.41) is 32.4. The third kappa shape index (κ3) is 7.28. The number of carboxylic acid groups (broad SMARTS) is 2. The van der Waals surface area contributed by atoms with Crippen LogP contribution in [0.2, 0.25) is 0 Å². The first kappa shape index (κ1) is 22.7. The fraction of sp³-hybridized carbons (Fsp3) is 0.182. The van der Waals surface area contributed by atoms with Crippen molar-refractivity contribution in [1.29, 1.82) is 0 Å². The summed E-state index contributed by atoms with van der Waals surface area (Å²) in [7, 11) is 0. The summed E-state index contributed by atoms with van der Waals surface area (Å²) in [5.74, 6) is -4.44. The van der Waals surface area contributed by atoms with E-state index in [1.807, 2.05) is 0 Å². The molecule has 0 saturated heterocycles. The van der Waals surface area contributed by atoms with Crippen molar-refractivity contribution in [2.24, 2.45) is 5.73 Å². The van der Waals surface area contributed by atoms with E-state index in [1.165, 1.54) is 6.07 Å². The molecule has 0 fully saturated rings. The molecule has 0 radical (unpaired) electrons. The van der Waals surface area contributed by atoms with Crippen LogP contribution in [0, 0.1) is 0 Å². The Morgan fingerprint density at radius 3 is 2.33 bits per heavy atom. The van der Waals surface area contributed by atoms with Crippen LogP contribution in [0.15, 0.2) is 18.2 Å². The largest absolute Gasteiger partial charge is 1.00 e. The Balaban J connectivity index is 0. The molecule has 0 saturated carbocycles. The average molecular weight is 312 g/mol. The summed E-state index contributed by atoms with van der Waals surface area (Å²) in [5.41, 5.74) is 4.81. The van der Waals surface area contributed by atoms with E-state index >= 15 is 0 Å². The van der Waals surface area contributed by atoms with Gasteiger partial charge in [-0.05, 0) is 12.1 Å². The molecule has 1 aromatic rings. The molecule has 1 atom stereocenters. The number of hydrogen-bond acceptors (Lipinski definition) is 6. The zero-order valence-corrected chi connectivity index (χ0v) is 15.6. The molecule has 0 aromatic heterocycles. The van der Waals surface area contributed by atoms with E-state index < -0.39 is 41.6 Å². The summed E-state index contributed by atoms with van der Waals surface area (Å²) in [6, 6.07) is 1.81. The minimum absolute atomic E-state index is 0. The normalized spacial score (nSPS) is 10.5. The maximum absolute atomic E-state index is 11.5. The van der Waals surface area contributed by atoms with Gasteiger partial charge in [0.1, 0.15) is 0 Å². The Morgan fingerprint density at radius 1 is 1.29 bits per heavy atom. The van der Waals surface area contributed by atoms with Crippen molar-refractivity contribution < 1.29 is 88.8 Å². The number of carbonyl (C=O) groups is 3. The molecule has 1 aromatic carbocycles. The minimum Gasteiger partial charge on any atom is -0.872 e. The third-order valence-corrected chi connectivity index (χ3v) is 2.20. The first-order valence-electron chi connectivity index (χ1n) is 5.12. The Kier molecular flexibility index (Phi) is 11.0. The number of aromatic carboxylic acids is 1. The SMILES string of the molecule is NC(CC(=O)[O-])C(=O)Nc1ccc([O-])c(C(=O)O)c1.[Na+].[Na+]. The summed E-state index contributed by atoms with van der Waals surface area (Å²) in [6.07, 6.45) is -0.669. The van der Waals surface area contributed by atoms with Crippen molar-refractivity contribution in [3.8, 4) is 5.75 Å². The van der Waals surface area contributed by atoms with Gasteiger partial charge in [0.2, 0.25) is 5.91 Å². The quantitative estimate of drug-likeness (QED) is 0.456. The topological polar surface area (TPSA) is 156 Å². The fourth-order valence-corrected chi connectivity index (χ4v) is 1.28. The molecule has 102 valence electrons. The molecule has 1 rings (SSSR count). The zero-order chi connectivity index (χ0) is 14.6. The van der Waals surface area contributed by atoms with Gasteiger partial charge < -0.3 is 31.2 Å². The monoisotopic (exact) mass is 312 g/mol. The van der Waals surface area contributed by atoms with Gasteiger partial charge in [0, 0.05) is 18.1 Å². The second kappa shape index (κ2) is 10.2. The first-order valence-corrected chi connectivity index (χ1v) is 5.12. The standard InChI is InChI=1S/C11H12N2O6.2Na/c12-7(4-9(15)16)10(17)13-5-1-2-8(14)6(3-5)11(18)19;;/h1-3,7,14H,4,12H2,(H,13,17)(H,15,16)(H,18,19);;/q;2*+1/p-2. The minimum atomic E-state index is -1.48. The number of carbonyl (C=O) groups excluding carboxylic acids is 2. The zero-order valence-electron chi connectivity index (χ0n) is 11.6. The molecular weight excluding hydrogens is 302 g/mol. The second-order valence-corrected chi connectivity index (χ2v) is 3.69. The van der Waals surface area contributed by atoms with Crippen molar-refractivity contribution in [3.63, 3.8) is 0 Å².